The van der Waals surface area contributed by atoms with E-state index >= 15 is 0 Å². The second-order valence-electron chi connectivity index (χ2n) is 6.02. The summed E-state index contributed by atoms with van der Waals surface area (Å²) in [5.41, 5.74) is 2.64. The first-order chi connectivity index (χ1) is 9.78. The van der Waals surface area contributed by atoms with Gasteiger partial charge >= 0.3 is 0 Å². The molecule has 0 bridgehead atoms. The minimum absolute atomic E-state index is 0.294. The number of nitrogens with one attached hydrogen (secondary N) is 1. The summed E-state index contributed by atoms with van der Waals surface area (Å²) in [6.07, 6.45) is 7.97. The van der Waals surface area contributed by atoms with E-state index in [1.165, 1.54) is 24.1 Å². The van der Waals surface area contributed by atoms with Crippen molar-refractivity contribution in [3.8, 4) is 0 Å². The van der Waals surface area contributed by atoms with E-state index in [1.807, 2.05) is 12.4 Å². The van der Waals surface area contributed by atoms with E-state index in [0.29, 0.717) is 12.1 Å². The number of hydrogen-bond acceptors (Lipinski definition) is 4. The number of hydrogen-bond donors (Lipinski definition) is 1. The Hall–Kier alpha value is -1.13. The van der Waals surface area contributed by atoms with E-state index in [2.05, 4.69) is 35.1 Å². The third-order valence-corrected chi connectivity index (χ3v) is 4.29. The van der Waals surface area contributed by atoms with Crippen LogP contribution in [0.4, 0.5) is 5.69 Å². The summed E-state index contributed by atoms with van der Waals surface area (Å²) in [6, 6.07) is 3.36. The molecule has 1 aliphatic heterocycles. The highest BCUT2D eigenvalue weighted by atomic mass is 16.5. The van der Waals surface area contributed by atoms with Gasteiger partial charge in [0.2, 0.25) is 0 Å². The fraction of sp³-hybridized carbons (Fsp3) is 0.688. The molecule has 1 aromatic heterocycles. The summed E-state index contributed by atoms with van der Waals surface area (Å²) in [5, 5.41) is 3.61. The van der Waals surface area contributed by atoms with Crippen molar-refractivity contribution in [2.45, 2.75) is 57.8 Å². The molecular weight excluding hydrogens is 250 g/mol. The molecule has 2 heterocycles. The molecule has 1 N–H and O–H groups in total. The Morgan fingerprint density at radius 2 is 2.30 bits per heavy atom. The van der Waals surface area contributed by atoms with Gasteiger partial charge in [-0.05, 0) is 37.8 Å². The van der Waals surface area contributed by atoms with Crippen LogP contribution >= 0.6 is 0 Å². The topological polar surface area (TPSA) is 37.4 Å². The van der Waals surface area contributed by atoms with Crippen LogP contribution in [0.25, 0.3) is 0 Å². The van der Waals surface area contributed by atoms with Crippen LogP contribution in [0, 0.1) is 0 Å². The van der Waals surface area contributed by atoms with Crippen LogP contribution in [0.3, 0.4) is 0 Å². The molecule has 3 rings (SSSR count). The molecule has 20 heavy (non-hydrogen) atoms. The highest BCUT2D eigenvalue weighted by molar-refractivity contribution is 5.53. The Bertz CT molecular complexity index is 447. The second kappa shape index (κ2) is 6.10. The van der Waals surface area contributed by atoms with Crippen molar-refractivity contribution in [3.63, 3.8) is 0 Å². The van der Waals surface area contributed by atoms with Gasteiger partial charge < -0.3 is 15.0 Å². The fourth-order valence-corrected chi connectivity index (χ4v) is 2.84. The van der Waals surface area contributed by atoms with Gasteiger partial charge in [0.15, 0.2) is 0 Å². The number of nitrogens with zero attached hydrogens (tertiary/aromatic N) is 2. The van der Waals surface area contributed by atoms with Crippen molar-refractivity contribution in [2.75, 3.05) is 18.1 Å². The third kappa shape index (κ3) is 3.13. The number of anilines is 1. The lowest BCUT2D eigenvalue weighted by molar-refractivity contribution is 0.0298. The van der Waals surface area contributed by atoms with Gasteiger partial charge in [-0.2, -0.15) is 0 Å². The van der Waals surface area contributed by atoms with Gasteiger partial charge in [0, 0.05) is 25.3 Å². The monoisotopic (exact) mass is 275 g/mol. The second-order valence-corrected chi connectivity index (χ2v) is 6.02. The first-order valence-corrected chi connectivity index (χ1v) is 7.82. The zero-order valence-electron chi connectivity index (χ0n) is 12.5. The predicted octanol–water partition coefficient (Wildman–Crippen LogP) is 2.34. The van der Waals surface area contributed by atoms with Crippen molar-refractivity contribution < 1.29 is 4.74 Å². The summed E-state index contributed by atoms with van der Waals surface area (Å²) in [7, 11) is 0. The van der Waals surface area contributed by atoms with Gasteiger partial charge in [-0.15, -0.1) is 0 Å². The molecule has 2 atom stereocenters. The Kier molecular flexibility index (Phi) is 4.22. The van der Waals surface area contributed by atoms with Crippen LogP contribution < -0.4 is 10.2 Å². The van der Waals surface area contributed by atoms with Crippen molar-refractivity contribution in [1.82, 2.24) is 10.3 Å². The van der Waals surface area contributed by atoms with Gasteiger partial charge in [-0.3, -0.25) is 4.98 Å². The molecule has 4 nitrogen and oxygen atoms in total. The van der Waals surface area contributed by atoms with Crippen molar-refractivity contribution >= 4 is 5.69 Å². The fourth-order valence-electron chi connectivity index (χ4n) is 2.84. The molecule has 1 aliphatic carbocycles. The SMILES string of the molecule is CCC1COC(C)CN1c1cnccc1CNC1CC1. The van der Waals surface area contributed by atoms with Crippen molar-refractivity contribution in [1.29, 1.82) is 0 Å². The maximum Gasteiger partial charge on any atom is 0.0723 e. The first kappa shape index (κ1) is 13.8. The quantitative estimate of drug-likeness (QED) is 0.895. The number of ether oxygens (including phenoxy) is 1. The lowest BCUT2D eigenvalue weighted by Gasteiger charge is -2.40. The lowest BCUT2D eigenvalue weighted by Crippen LogP contribution is -2.49. The van der Waals surface area contributed by atoms with E-state index < -0.39 is 0 Å². The molecule has 0 amide bonds. The van der Waals surface area contributed by atoms with E-state index in [9.17, 15) is 0 Å². The van der Waals surface area contributed by atoms with Crippen LogP contribution in [0.2, 0.25) is 0 Å². The van der Waals surface area contributed by atoms with Crippen LogP contribution in [-0.4, -0.2) is 36.3 Å². The highest BCUT2D eigenvalue weighted by Gasteiger charge is 2.28. The Morgan fingerprint density at radius 1 is 1.45 bits per heavy atom. The maximum absolute atomic E-state index is 5.80. The molecule has 2 unspecified atom stereocenters. The highest BCUT2D eigenvalue weighted by Crippen LogP contribution is 2.27. The minimum atomic E-state index is 0.294. The van der Waals surface area contributed by atoms with E-state index in [-0.39, 0.29) is 0 Å². The molecule has 4 heteroatoms. The Morgan fingerprint density at radius 3 is 3.05 bits per heavy atom. The van der Waals surface area contributed by atoms with Gasteiger partial charge in [0.1, 0.15) is 0 Å². The summed E-state index contributed by atoms with van der Waals surface area (Å²) in [5.74, 6) is 0. The smallest absolute Gasteiger partial charge is 0.0723 e. The Labute approximate surface area is 121 Å². The molecule has 1 saturated carbocycles. The normalized spacial score (nSPS) is 26.8. The zero-order chi connectivity index (χ0) is 13.9. The van der Waals surface area contributed by atoms with Gasteiger partial charge in [-0.1, -0.05) is 6.92 Å². The average Bonchev–Trinajstić information content (AvgIpc) is 3.29. The standard InChI is InChI=1S/C16H25N3O/c1-3-15-11-20-12(2)10-19(15)16-9-17-7-6-13(16)8-18-14-4-5-14/h6-7,9,12,14-15,18H,3-5,8,10-11H2,1-2H3. The number of rotatable bonds is 5. The van der Waals surface area contributed by atoms with Gasteiger partial charge in [-0.25, -0.2) is 0 Å². The summed E-state index contributed by atoms with van der Waals surface area (Å²) in [6.45, 7) is 7.11. The van der Waals surface area contributed by atoms with Crippen LogP contribution in [0.1, 0.15) is 38.7 Å². The average molecular weight is 275 g/mol. The Balaban J connectivity index is 1.78. The molecule has 2 fully saturated rings. The van der Waals surface area contributed by atoms with Crippen LogP contribution in [0.15, 0.2) is 18.5 Å². The van der Waals surface area contributed by atoms with Gasteiger partial charge in [0.25, 0.3) is 0 Å². The van der Waals surface area contributed by atoms with Crippen molar-refractivity contribution in [3.05, 3.63) is 24.0 Å². The summed E-state index contributed by atoms with van der Waals surface area (Å²) in [4.78, 5) is 6.84. The molecule has 0 spiro atoms. The zero-order valence-corrected chi connectivity index (χ0v) is 12.5. The maximum atomic E-state index is 5.80. The molecular formula is C16H25N3O. The third-order valence-electron chi connectivity index (χ3n) is 4.29. The van der Waals surface area contributed by atoms with E-state index in [4.69, 9.17) is 4.74 Å². The predicted molar refractivity (Wildman–Crippen MR) is 80.9 cm³/mol. The van der Waals surface area contributed by atoms with Crippen LogP contribution in [0.5, 0.6) is 0 Å². The summed E-state index contributed by atoms with van der Waals surface area (Å²) >= 11 is 0. The van der Waals surface area contributed by atoms with E-state index in [0.717, 1.165) is 32.2 Å². The van der Waals surface area contributed by atoms with Crippen LogP contribution in [-0.2, 0) is 11.3 Å². The number of morpholine rings is 1. The van der Waals surface area contributed by atoms with Crippen molar-refractivity contribution in [2.24, 2.45) is 0 Å². The minimum Gasteiger partial charge on any atom is -0.375 e. The molecule has 0 aromatic carbocycles. The first-order valence-electron chi connectivity index (χ1n) is 7.82. The molecule has 1 saturated heterocycles. The molecule has 0 radical (unpaired) electrons. The lowest BCUT2D eigenvalue weighted by atomic mass is 10.1. The molecule has 110 valence electrons. The molecule has 2 aliphatic rings. The van der Waals surface area contributed by atoms with E-state index in [1.54, 1.807) is 0 Å². The number of pyridine rings is 1. The largest absolute Gasteiger partial charge is 0.375 e. The van der Waals surface area contributed by atoms with Gasteiger partial charge in [0.05, 0.1) is 30.6 Å². The molecule has 1 aromatic rings. The summed E-state index contributed by atoms with van der Waals surface area (Å²) < 4.78 is 5.80. The number of aromatic nitrogens is 1.